The van der Waals surface area contributed by atoms with E-state index < -0.39 is 0 Å². The summed E-state index contributed by atoms with van der Waals surface area (Å²) in [6.07, 6.45) is 7.25. The van der Waals surface area contributed by atoms with Crippen LogP contribution in [-0.2, 0) is 7.05 Å². The lowest BCUT2D eigenvalue weighted by molar-refractivity contribution is 0.0909. The highest BCUT2D eigenvalue weighted by Crippen LogP contribution is 2.49. The van der Waals surface area contributed by atoms with E-state index in [1.54, 1.807) is 16.9 Å². The van der Waals surface area contributed by atoms with Gasteiger partial charge < -0.3 is 5.32 Å². The molecule has 2 fully saturated rings. The van der Waals surface area contributed by atoms with E-state index in [9.17, 15) is 4.79 Å². The summed E-state index contributed by atoms with van der Waals surface area (Å²) >= 11 is 0. The van der Waals surface area contributed by atoms with Gasteiger partial charge in [0.05, 0.1) is 0 Å². The van der Waals surface area contributed by atoms with Gasteiger partial charge in [-0.3, -0.25) is 9.48 Å². The van der Waals surface area contributed by atoms with Gasteiger partial charge in [-0.25, -0.2) is 0 Å². The van der Waals surface area contributed by atoms with Crippen LogP contribution in [0.4, 0.5) is 0 Å². The van der Waals surface area contributed by atoms with Crippen molar-refractivity contribution in [2.45, 2.75) is 38.6 Å². The molecule has 1 heterocycles. The molecule has 2 bridgehead atoms. The van der Waals surface area contributed by atoms with Gasteiger partial charge in [0, 0.05) is 19.3 Å². The number of nitrogens with one attached hydrogen (secondary N) is 1. The van der Waals surface area contributed by atoms with E-state index in [4.69, 9.17) is 0 Å². The molecule has 2 aliphatic carbocycles. The molecule has 4 heteroatoms. The van der Waals surface area contributed by atoms with E-state index in [1.165, 1.54) is 25.7 Å². The molecule has 2 saturated carbocycles. The van der Waals surface area contributed by atoms with E-state index in [0.717, 1.165) is 11.8 Å². The number of rotatable bonds is 3. The van der Waals surface area contributed by atoms with E-state index in [1.807, 2.05) is 7.05 Å². The molecule has 0 saturated heterocycles. The second kappa shape index (κ2) is 4.41. The molecule has 18 heavy (non-hydrogen) atoms. The standard InChI is InChI=1S/C14H21N3O/c1-9(12-8-10-3-4-11(12)7-10)15-14(18)13-5-6-17(2)16-13/h5-6,9-12H,3-4,7-8H2,1-2H3,(H,15,18)/t9-,10-,11-,12-/m1/s1. The first-order chi connectivity index (χ1) is 8.63. The van der Waals surface area contributed by atoms with Gasteiger partial charge in [-0.2, -0.15) is 5.10 Å². The van der Waals surface area contributed by atoms with Crippen molar-refractivity contribution in [3.05, 3.63) is 18.0 Å². The molecule has 1 amide bonds. The summed E-state index contributed by atoms with van der Waals surface area (Å²) in [5.41, 5.74) is 0.521. The molecule has 3 rings (SSSR count). The van der Waals surface area contributed by atoms with Gasteiger partial charge in [0.25, 0.3) is 5.91 Å². The fourth-order valence-electron chi connectivity index (χ4n) is 3.83. The van der Waals surface area contributed by atoms with Crippen molar-refractivity contribution in [2.75, 3.05) is 0 Å². The Labute approximate surface area is 108 Å². The molecule has 0 radical (unpaired) electrons. The predicted molar refractivity (Wildman–Crippen MR) is 69.1 cm³/mol. The van der Waals surface area contributed by atoms with Gasteiger partial charge in [0.15, 0.2) is 0 Å². The van der Waals surface area contributed by atoms with Crippen molar-refractivity contribution >= 4 is 5.91 Å². The SMILES string of the molecule is C[C@@H](NC(=O)c1ccn(C)n1)[C@H]1C[C@@H]2CC[C@@H]1C2. The molecule has 2 aliphatic rings. The Morgan fingerprint density at radius 1 is 1.50 bits per heavy atom. The second-order valence-electron chi connectivity index (χ2n) is 5.98. The fraction of sp³-hybridized carbons (Fsp3) is 0.714. The molecule has 1 aromatic heterocycles. The van der Waals surface area contributed by atoms with E-state index in [-0.39, 0.29) is 11.9 Å². The van der Waals surface area contributed by atoms with Gasteiger partial charge in [-0.05, 0) is 50.0 Å². The lowest BCUT2D eigenvalue weighted by Gasteiger charge is -2.28. The van der Waals surface area contributed by atoms with Crippen molar-refractivity contribution in [2.24, 2.45) is 24.8 Å². The average molecular weight is 247 g/mol. The van der Waals surface area contributed by atoms with Crippen LogP contribution in [0, 0.1) is 17.8 Å². The van der Waals surface area contributed by atoms with Gasteiger partial charge in [-0.15, -0.1) is 0 Å². The Kier molecular flexibility index (Phi) is 2.88. The third-order valence-corrected chi connectivity index (χ3v) is 4.74. The van der Waals surface area contributed by atoms with Crippen LogP contribution < -0.4 is 5.32 Å². The molecule has 0 aromatic carbocycles. The number of aryl methyl sites for hydroxylation is 1. The number of carbonyl (C=O) groups excluding carboxylic acids is 1. The molecule has 4 nitrogen and oxygen atoms in total. The van der Waals surface area contributed by atoms with E-state index in [0.29, 0.717) is 11.6 Å². The van der Waals surface area contributed by atoms with Crippen LogP contribution in [0.15, 0.2) is 12.3 Å². The summed E-state index contributed by atoms with van der Waals surface area (Å²) in [5, 5.41) is 7.26. The largest absolute Gasteiger partial charge is 0.348 e. The maximum absolute atomic E-state index is 12.0. The normalized spacial score (nSPS) is 31.6. The summed E-state index contributed by atoms with van der Waals surface area (Å²) < 4.78 is 1.66. The van der Waals surface area contributed by atoms with Crippen LogP contribution >= 0.6 is 0 Å². The first kappa shape index (κ1) is 11.8. The summed E-state index contributed by atoms with van der Waals surface area (Å²) in [7, 11) is 1.83. The Bertz CT molecular complexity index is 454. The number of fused-ring (bicyclic) bond motifs is 2. The van der Waals surface area contributed by atoms with Gasteiger partial charge in [-0.1, -0.05) is 6.42 Å². The van der Waals surface area contributed by atoms with Crippen LogP contribution in [0.2, 0.25) is 0 Å². The highest BCUT2D eigenvalue weighted by atomic mass is 16.2. The molecule has 0 aliphatic heterocycles. The Morgan fingerprint density at radius 2 is 2.33 bits per heavy atom. The van der Waals surface area contributed by atoms with Crippen LogP contribution in [0.1, 0.15) is 43.1 Å². The zero-order valence-corrected chi connectivity index (χ0v) is 11.1. The van der Waals surface area contributed by atoms with Crippen molar-refractivity contribution in [3.63, 3.8) is 0 Å². The highest BCUT2D eigenvalue weighted by molar-refractivity contribution is 5.92. The number of amides is 1. The van der Waals surface area contributed by atoms with Crippen LogP contribution in [0.5, 0.6) is 0 Å². The predicted octanol–water partition coefficient (Wildman–Crippen LogP) is 1.97. The summed E-state index contributed by atoms with van der Waals surface area (Å²) in [6.45, 7) is 2.15. The van der Waals surface area contributed by atoms with Gasteiger partial charge in [0.2, 0.25) is 0 Å². The zero-order chi connectivity index (χ0) is 12.7. The topological polar surface area (TPSA) is 46.9 Å². The third kappa shape index (κ3) is 2.04. The molecular formula is C14H21N3O. The van der Waals surface area contributed by atoms with Crippen molar-refractivity contribution in [1.82, 2.24) is 15.1 Å². The molecular weight excluding hydrogens is 226 g/mol. The van der Waals surface area contributed by atoms with E-state index in [2.05, 4.69) is 17.3 Å². The smallest absolute Gasteiger partial charge is 0.271 e. The molecule has 1 aromatic rings. The molecule has 0 unspecified atom stereocenters. The maximum Gasteiger partial charge on any atom is 0.271 e. The maximum atomic E-state index is 12.0. The Morgan fingerprint density at radius 3 is 2.89 bits per heavy atom. The zero-order valence-electron chi connectivity index (χ0n) is 11.1. The minimum Gasteiger partial charge on any atom is -0.348 e. The summed E-state index contributed by atoms with van der Waals surface area (Å²) in [5.74, 6) is 2.41. The quantitative estimate of drug-likeness (QED) is 0.887. The number of aromatic nitrogens is 2. The van der Waals surface area contributed by atoms with Crippen molar-refractivity contribution in [3.8, 4) is 0 Å². The van der Waals surface area contributed by atoms with E-state index >= 15 is 0 Å². The lowest BCUT2D eigenvalue weighted by Crippen LogP contribution is -2.40. The minimum atomic E-state index is -0.0362. The number of nitrogens with zero attached hydrogens (tertiary/aromatic N) is 2. The summed E-state index contributed by atoms with van der Waals surface area (Å²) in [6, 6.07) is 2.04. The minimum absolute atomic E-state index is 0.0362. The van der Waals surface area contributed by atoms with Crippen LogP contribution in [0.25, 0.3) is 0 Å². The second-order valence-corrected chi connectivity index (χ2v) is 5.98. The first-order valence-corrected chi connectivity index (χ1v) is 6.94. The average Bonchev–Trinajstić information content (AvgIpc) is 3.03. The number of carbonyl (C=O) groups is 1. The molecule has 0 spiro atoms. The fourth-order valence-corrected chi connectivity index (χ4v) is 3.83. The van der Waals surface area contributed by atoms with Crippen LogP contribution in [0.3, 0.4) is 0 Å². The van der Waals surface area contributed by atoms with Crippen molar-refractivity contribution in [1.29, 1.82) is 0 Å². The molecule has 4 atom stereocenters. The monoisotopic (exact) mass is 247 g/mol. The Balaban J connectivity index is 1.61. The Hall–Kier alpha value is -1.32. The summed E-state index contributed by atoms with van der Waals surface area (Å²) in [4.78, 5) is 12.0. The van der Waals surface area contributed by atoms with Crippen molar-refractivity contribution < 1.29 is 4.79 Å². The lowest BCUT2D eigenvalue weighted by atomic mass is 9.84. The number of hydrogen-bond donors (Lipinski definition) is 1. The number of hydrogen-bond acceptors (Lipinski definition) is 2. The third-order valence-electron chi connectivity index (χ3n) is 4.74. The van der Waals surface area contributed by atoms with Crippen LogP contribution in [-0.4, -0.2) is 21.7 Å². The van der Waals surface area contributed by atoms with Gasteiger partial charge >= 0.3 is 0 Å². The molecule has 1 N–H and O–H groups in total. The highest BCUT2D eigenvalue weighted by Gasteiger charge is 2.42. The molecule has 98 valence electrons. The first-order valence-electron chi connectivity index (χ1n) is 6.94. The van der Waals surface area contributed by atoms with Gasteiger partial charge in [0.1, 0.15) is 5.69 Å².